The number of hydrogen-bond acceptors (Lipinski definition) is 5. The predicted molar refractivity (Wildman–Crippen MR) is 94.9 cm³/mol. The number of rotatable bonds is 8. The lowest BCUT2D eigenvalue weighted by Gasteiger charge is -2.12. The molecule has 0 fully saturated rings. The van der Waals surface area contributed by atoms with Crippen LogP contribution in [0.1, 0.15) is 29.6 Å². The second kappa shape index (κ2) is 9.22. The molecule has 0 aromatic heterocycles. The summed E-state index contributed by atoms with van der Waals surface area (Å²) in [6, 6.07) is 13.5. The Hall–Kier alpha value is -3.35. The first-order valence-electron chi connectivity index (χ1n) is 8.03. The van der Waals surface area contributed by atoms with Crippen molar-refractivity contribution < 1.29 is 24.2 Å². The summed E-state index contributed by atoms with van der Waals surface area (Å²) in [7, 11) is 1.53. The molecule has 2 aromatic carbocycles. The van der Waals surface area contributed by atoms with Gasteiger partial charge in [0.05, 0.1) is 18.4 Å². The van der Waals surface area contributed by atoms with E-state index in [0.717, 1.165) is 0 Å². The molecule has 0 spiro atoms. The molecule has 0 saturated carbocycles. The highest BCUT2D eigenvalue weighted by Gasteiger charge is 2.13. The lowest BCUT2D eigenvalue weighted by atomic mass is 10.1. The Labute approximate surface area is 151 Å². The minimum Gasteiger partial charge on any atom is -0.550 e. The highest BCUT2D eigenvalue weighted by Crippen LogP contribution is 2.20. The Balaban J connectivity index is 2.06. The monoisotopic (exact) mass is 355 g/mol. The Morgan fingerprint density at radius 1 is 1.00 bits per heavy atom. The van der Waals surface area contributed by atoms with Crippen LogP contribution in [-0.4, -0.2) is 24.9 Å². The molecular formula is C19H19N2O5-. The molecule has 7 heteroatoms. The van der Waals surface area contributed by atoms with E-state index in [1.165, 1.54) is 7.11 Å². The van der Waals surface area contributed by atoms with Crippen LogP contribution in [0.2, 0.25) is 0 Å². The summed E-state index contributed by atoms with van der Waals surface area (Å²) >= 11 is 0. The van der Waals surface area contributed by atoms with Crippen molar-refractivity contribution in [3.8, 4) is 5.75 Å². The SMILES string of the molecule is COc1cccc(NC(=O)c2ccccc2NC(=O)CCCC(=O)[O-])c1. The standard InChI is InChI=1S/C19H20N2O5/c1-26-14-7-4-6-13(12-14)20-19(25)15-8-2-3-9-16(15)21-17(22)10-5-11-18(23)24/h2-4,6-9,12H,5,10-11H2,1H3,(H,20,25)(H,21,22)(H,23,24)/p-1. The van der Waals surface area contributed by atoms with Crippen LogP contribution in [0.5, 0.6) is 5.75 Å². The quantitative estimate of drug-likeness (QED) is 0.751. The first-order valence-corrected chi connectivity index (χ1v) is 8.03. The van der Waals surface area contributed by atoms with Crippen molar-refractivity contribution in [1.82, 2.24) is 0 Å². The Morgan fingerprint density at radius 3 is 2.50 bits per heavy atom. The molecule has 0 aliphatic rings. The number of nitrogens with one attached hydrogen (secondary N) is 2. The number of anilines is 2. The minimum atomic E-state index is -1.20. The molecule has 7 nitrogen and oxygen atoms in total. The van der Waals surface area contributed by atoms with Crippen LogP contribution in [0, 0.1) is 0 Å². The van der Waals surface area contributed by atoms with Gasteiger partial charge >= 0.3 is 0 Å². The number of para-hydroxylation sites is 1. The number of benzene rings is 2. The summed E-state index contributed by atoms with van der Waals surface area (Å²) < 4.78 is 5.12. The van der Waals surface area contributed by atoms with E-state index in [-0.39, 0.29) is 31.1 Å². The molecule has 2 N–H and O–H groups in total. The first kappa shape index (κ1) is 19.0. The maximum Gasteiger partial charge on any atom is 0.257 e. The first-order chi connectivity index (χ1) is 12.5. The van der Waals surface area contributed by atoms with Gasteiger partial charge < -0.3 is 25.3 Å². The second-order valence-corrected chi connectivity index (χ2v) is 5.51. The molecule has 0 bridgehead atoms. The van der Waals surface area contributed by atoms with Crippen LogP contribution in [0.25, 0.3) is 0 Å². The number of carboxylic acid groups (broad SMARTS) is 1. The maximum atomic E-state index is 12.5. The van der Waals surface area contributed by atoms with Crippen LogP contribution < -0.4 is 20.5 Å². The van der Waals surface area contributed by atoms with Crippen molar-refractivity contribution in [3.05, 3.63) is 54.1 Å². The third-order valence-electron chi connectivity index (χ3n) is 3.56. The van der Waals surface area contributed by atoms with Crippen LogP contribution in [-0.2, 0) is 9.59 Å². The van der Waals surface area contributed by atoms with Crippen molar-refractivity contribution >= 4 is 29.2 Å². The molecule has 136 valence electrons. The van der Waals surface area contributed by atoms with E-state index in [9.17, 15) is 19.5 Å². The summed E-state index contributed by atoms with van der Waals surface area (Å²) in [5.74, 6) is -1.34. The van der Waals surface area contributed by atoms with Crippen LogP contribution in [0.4, 0.5) is 11.4 Å². The molecular weight excluding hydrogens is 336 g/mol. The van der Waals surface area contributed by atoms with Crippen molar-refractivity contribution in [1.29, 1.82) is 0 Å². The fourth-order valence-corrected chi connectivity index (χ4v) is 2.30. The summed E-state index contributed by atoms with van der Waals surface area (Å²) in [6.07, 6.45) is 0.0115. The highest BCUT2D eigenvalue weighted by atomic mass is 16.5. The zero-order valence-corrected chi connectivity index (χ0v) is 14.3. The minimum absolute atomic E-state index is 0.0276. The molecule has 0 aliphatic heterocycles. The Morgan fingerprint density at radius 2 is 1.77 bits per heavy atom. The molecule has 0 radical (unpaired) electrons. The van der Waals surface area contributed by atoms with Gasteiger partial charge in [-0.3, -0.25) is 9.59 Å². The molecule has 0 heterocycles. The fourth-order valence-electron chi connectivity index (χ4n) is 2.30. The number of carbonyl (C=O) groups is 3. The van der Waals surface area contributed by atoms with E-state index >= 15 is 0 Å². The summed E-state index contributed by atoms with van der Waals surface area (Å²) in [4.78, 5) is 34.9. The van der Waals surface area contributed by atoms with Crippen molar-refractivity contribution in [2.45, 2.75) is 19.3 Å². The van der Waals surface area contributed by atoms with Crippen LogP contribution in [0.15, 0.2) is 48.5 Å². The zero-order valence-electron chi connectivity index (χ0n) is 14.3. The summed E-state index contributed by atoms with van der Waals surface area (Å²) in [5.41, 5.74) is 1.21. The van der Waals surface area contributed by atoms with Gasteiger partial charge in [-0.15, -0.1) is 0 Å². The van der Waals surface area contributed by atoms with Gasteiger partial charge in [-0.2, -0.15) is 0 Å². The van der Waals surface area contributed by atoms with Gasteiger partial charge in [0.15, 0.2) is 0 Å². The van der Waals surface area contributed by atoms with E-state index in [1.54, 1.807) is 48.5 Å². The highest BCUT2D eigenvalue weighted by molar-refractivity contribution is 6.10. The van der Waals surface area contributed by atoms with Gasteiger partial charge in [-0.1, -0.05) is 18.2 Å². The van der Waals surface area contributed by atoms with Gasteiger partial charge in [0, 0.05) is 24.1 Å². The number of ether oxygens (including phenoxy) is 1. The van der Waals surface area contributed by atoms with Gasteiger partial charge in [-0.05, 0) is 37.1 Å². The average Bonchev–Trinajstić information content (AvgIpc) is 2.62. The van der Waals surface area contributed by atoms with E-state index < -0.39 is 5.97 Å². The fraction of sp³-hybridized carbons (Fsp3) is 0.211. The van der Waals surface area contributed by atoms with E-state index in [2.05, 4.69) is 10.6 Å². The smallest absolute Gasteiger partial charge is 0.257 e. The van der Waals surface area contributed by atoms with Gasteiger partial charge in [0.1, 0.15) is 5.75 Å². The third kappa shape index (κ3) is 5.62. The maximum absolute atomic E-state index is 12.5. The molecule has 26 heavy (non-hydrogen) atoms. The third-order valence-corrected chi connectivity index (χ3v) is 3.56. The Bertz CT molecular complexity index is 804. The van der Waals surface area contributed by atoms with Crippen LogP contribution >= 0.6 is 0 Å². The largest absolute Gasteiger partial charge is 0.550 e. The normalized spacial score (nSPS) is 10.0. The lowest BCUT2D eigenvalue weighted by Crippen LogP contribution is -2.22. The Kier molecular flexibility index (Phi) is 6.73. The topological polar surface area (TPSA) is 108 Å². The second-order valence-electron chi connectivity index (χ2n) is 5.51. The molecule has 2 rings (SSSR count). The molecule has 0 unspecified atom stereocenters. The van der Waals surface area contributed by atoms with Gasteiger partial charge in [0.2, 0.25) is 5.91 Å². The van der Waals surface area contributed by atoms with Gasteiger partial charge in [-0.25, -0.2) is 0 Å². The summed E-state index contributed by atoms with van der Waals surface area (Å²) in [6.45, 7) is 0. The number of carbonyl (C=O) groups excluding carboxylic acids is 3. The van der Waals surface area contributed by atoms with Crippen LogP contribution in [0.3, 0.4) is 0 Å². The van der Waals surface area contributed by atoms with Gasteiger partial charge in [0.25, 0.3) is 5.91 Å². The van der Waals surface area contributed by atoms with E-state index in [0.29, 0.717) is 22.7 Å². The molecule has 2 aromatic rings. The van der Waals surface area contributed by atoms with E-state index in [4.69, 9.17) is 4.74 Å². The average molecular weight is 355 g/mol. The van der Waals surface area contributed by atoms with E-state index in [1.807, 2.05) is 0 Å². The van der Waals surface area contributed by atoms with Crippen molar-refractivity contribution in [2.75, 3.05) is 17.7 Å². The molecule has 0 aliphatic carbocycles. The number of methoxy groups -OCH3 is 1. The molecule has 2 amide bonds. The van der Waals surface area contributed by atoms with Crippen molar-refractivity contribution in [3.63, 3.8) is 0 Å². The number of amides is 2. The molecule has 0 atom stereocenters. The number of hydrogen-bond donors (Lipinski definition) is 2. The predicted octanol–water partition coefficient (Wildman–Crippen LogP) is 1.81. The van der Waals surface area contributed by atoms with Crippen molar-refractivity contribution in [2.24, 2.45) is 0 Å². The summed E-state index contributed by atoms with van der Waals surface area (Å²) in [5, 5.41) is 15.8. The zero-order chi connectivity index (χ0) is 18.9. The molecule has 0 saturated heterocycles. The number of carboxylic acids is 1. The number of aliphatic carboxylic acids is 1. The lowest BCUT2D eigenvalue weighted by molar-refractivity contribution is -0.305.